The van der Waals surface area contributed by atoms with E-state index >= 15 is 0 Å². The predicted octanol–water partition coefficient (Wildman–Crippen LogP) is 2.97. The van der Waals surface area contributed by atoms with Crippen LogP contribution in [0.2, 0.25) is 0 Å². The number of sulfonamides is 1. The van der Waals surface area contributed by atoms with Crippen molar-refractivity contribution in [2.45, 2.75) is 11.8 Å². The summed E-state index contributed by atoms with van der Waals surface area (Å²) in [6, 6.07) is 8.63. The topological polar surface area (TPSA) is 98.8 Å². The van der Waals surface area contributed by atoms with E-state index in [1.165, 1.54) is 19.2 Å². The normalized spacial score (nSPS) is 10.9. The fraction of sp³-hybridized carbons (Fsp3) is 0.176. The zero-order chi connectivity index (χ0) is 19.5. The van der Waals surface area contributed by atoms with Crippen LogP contribution in [0.3, 0.4) is 0 Å². The van der Waals surface area contributed by atoms with Gasteiger partial charge < -0.3 is 9.47 Å². The monoisotopic (exact) mass is 489 g/mol. The Bertz CT molecular complexity index is 971. The number of esters is 2. The van der Waals surface area contributed by atoms with Crippen molar-refractivity contribution < 1.29 is 27.5 Å². The van der Waals surface area contributed by atoms with Crippen LogP contribution in [0.4, 0.5) is 5.69 Å². The van der Waals surface area contributed by atoms with Crippen molar-refractivity contribution in [2.24, 2.45) is 0 Å². The maximum atomic E-state index is 12.8. The number of carbonyl (C=O) groups is 2. The van der Waals surface area contributed by atoms with Gasteiger partial charge in [-0.3, -0.25) is 4.72 Å². The van der Waals surface area contributed by atoms with Crippen LogP contribution in [-0.2, 0) is 19.5 Å². The predicted molar refractivity (Wildman–Crippen MR) is 104 cm³/mol. The summed E-state index contributed by atoms with van der Waals surface area (Å²) in [5, 5.41) is 0. The van der Waals surface area contributed by atoms with Crippen LogP contribution in [0.15, 0.2) is 41.3 Å². The summed E-state index contributed by atoms with van der Waals surface area (Å²) in [5.41, 5.74) is 1.14. The summed E-state index contributed by atoms with van der Waals surface area (Å²) >= 11 is 2.09. The molecule has 2 aromatic carbocycles. The maximum absolute atomic E-state index is 12.8. The summed E-state index contributed by atoms with van der Waals surface area (Å²) in [6.07, 6.45) is 0. The number of anilines is 1. The molecule has 0 amide bonds. The maximum Gasteiger partial charge on any atom is 0.339 e. The Morgan fingerprint density at radius 2 is 1.65 bits per heavy atom. The lowest BCUT2D eigenvalue weighted by Crippen LogP contribution is -2.19. The zero-order valence-electron chi connectivity index (χ0n) is 14.2. The Labute approximate surface area is 164 Å². The fourth-order valence-corrected chi connectivity index (χ4v) is 3.92. The van der Waals surface area contributed by atoms with Crippen molar-refractivity contribution in [3.63, 3.8) is 0 Å². The number of methoxy groups -OCH3 is 2. The molecule has 0 saturated carbocycles. The Morgan fingerprint density at radius 3 is 2.23 bits per heavy atom. The molecule has 0 heterocycles. The standard InChI is InChI=1S/C17H16INO6S/c1-10-4-6-12(9-14(10)18)19-26(22,23)15-8-11(16(20)24-2)5-7-13(15)17(21)25-3/h4-9,19H,1-3H3. The molecule has 0 fully saturated rings. The second-order valence-corrected chi connectivity index (χ2v) is 8.08. The van der Waals surface area contributed by atoms with Gasteiger partial charge in [-0.2, -0.15) is 0 Å². The molecule has 0 saturated heterocycles. The molecule has 0 radical (unpaired) electrons. The first-order chi connectivity index (χ1) is 12.2. The molecule has 0 atom stereocenters. The third-order valence-corrected chi connectivity index (χ3v) is 6.10. The third kappa shape index (κ3) is 4.33. The SMILES string of the molecule is COC(=O)c1ccc(C(=O)OC)c(S(=O)(=O)Nc2ccc(C)c(I)c2)c1. The van der Waals surface area contributed by atoms with E-state index < -0.39 is 22.0 Å². The molecule has 7 nitrogen and oxygen atoms in total. The highest BCUT2D eigenvalue weighted by molar-refractivity contribution is 14.1. The lowest BCUT2D eigenvalue weighted by molar-refractivity contribution is 0.0583. The highest BCUT2D eigenvalue weighted by Crippen LogP contribution is 2.24. The van der Waals surface area contributed by atoms with Crippen LogP contribution in [-0.4, -0.2) is 34.6 Å². The summed E-state index contributed by atoms with van der Waals surface area (Å²) in [4.78, 5) is 23.3. The average Bonchev–Trinajstić information content (AvgIpc) is 2.62. The Hall–Kier alpha value is -2.14. The second-order valence-electron chi connectivity index (χ2n) is 5.26. The minimum Gasteiger partial charge on any atom is -0.465 e. The molecule has 0 unspecified atom stereocenters. The van der Waals surface area contributed by atoms with E-state index in [0.29, 0.717) is 5.69 Å². The summed E-state index contributed by atoms with van der Waals surface area (Å²) in [7, 11) is -1.84. The lowest BCUT2D eigenvalue weighted by Gasteiger charge is -2.13. The van der Waals surface area contributed by atoms with E-state index in [1.54, 1.807) is 18.2 Å². The molecule has 0 spiro atoms. The van der Waals surface area contributed by atoms with Gasteiger partial charge in [0, 0.05) is 9.26 Å². The number of nitrogens with one attached hydrogen (secondary N) is 1. The first-order valence-electron chi connectivity index (χ1n) is 7.29. The average molecular weight is 489 g/mol. The summed E-state index contributed by atoms with van der Waals surface area (Å²) in [6.45, 7) is 1.90. The van der Waals surface area contributed by atoms with Gasteiger partial charge in [0.05, 0.1) is 25.3 Å². The minimum atomic E-state index is -4.15. The van der Waals surface area contributed by atoms with Gasteiger partial charge in [-0.1, -0.05) is 6.07 Å². The molecule has 0 aromatic heterocycles. The minimum absolute atomic E-state index is 0.000912. The molecular weight excluding hydrogens is 473 g/mol. The molecule has 2 rings (SSSR count). The van der Waals surface area contributed by atoms with Gasteiger partial charge in [0.25, 0.3) is 10.0 Å². The highest BCUT2D eigenvalue weighted by Gasteiger charge is 2.25. The van der Waals surface area contributed by atoms with E-state index in [9.17, 15) is 18.0 Å². The van der Waals surface area contributed by atoms with Gasteiger partial charge in [-0.15, -0.1) is 0 Å². The molecule has 2 aromatic rings. The number of ether oxygens (including phenoxy) is 2. The number of rotatable bonds is 5. The van der Waals surface area contributed by atoms with E-state index in [4.69, 9.17) is 0 Å². The quantitative estimate of drug-likeness (QED) is 0.513. The van der Waals surface area contributed by atoms with Gasteiger partial charge in [0.1, 0.15) is 4.90 Å². The second kappa shape index (κ2) is 8.04. The Morgan fingerprint density at radius 1 is 1.00 bits per heavy atom. The molecule has 0 aliphatic heterocycles. The largest absolute Gasteiger partial charge is 0.465 e. The van der Waals surface area contributed by atoms with E-state index in [2.05, 4.69) is 36.8 Å². The Kier molecular flexibility index (Phi) is 6.24. The molecule has 9 heteroatoms. The van der Waals surface area contributed by atoms with E-state index in [0.717, 1.165) is 22.3 Å². The van der Waals surface area contributed by atoms with Crippen LogP contribution in [0.25, 0.3) is 0 Å². The number of benzene rings is 2. The van der Waals surface area contributed by atoms with Crippen molar-refractivity contribution in [2.75, 3.05) is 18.9 Å². The van der Waals surface area contributed by atoms with Crippen LogP contribution < -0.4 is 4.72 Å². The van der Waals surface area contributed by atoms with Gasteiger partial charge in [-0.25, -0.2) is 18.0 Å². The summed E-state index contributed by atoms with van der Waals surface area (Å²) < 4.78 is 38.2. The first kappa shape index (κ1) is 20.2. The highest BCUT2D eigenvalue weighted by atomic mass is 127. The number of halogens is 1. The Balaban J connectivity index is 2.56. The third-order valence-electron chi connectivity index (χ3n) is 3.52. The zero-order valence-corrected chi connectivity index (χ0v) is 17.2. The fourth-order valence-electron chi connectivity index (χ4n) is 2.13. The lowest BCUT2D eigenvalue weighted by atomic mass is 10.1. The van der Waals surface area contributed by atoms with Gasteiger partial charge >= 0.3 is 11.9 Å². The van der Waals surface area contributed by atoms with Crippen LogP contribution >= 0.6 is 22.6 Å². The molecule has 0 aliphatic carbocycles. The molecule has 26 heavy (non-hydrogen) atoms. The van der Waals surface area contributed by atoms with Crippen molar-refractivity contribution >= 4 is 50.2 Å². The van der Waals surface area contributed by atoms with Gasteiger partial charge in [0.2, 0.25) is 0 Å². The van der Waals surface area contributed by atoms with E-state index in [-0.39, 0.29) is 16.0 Å². The molecule has 138 valence electrons. The molecule has 0 bridgehead atoms. The number of hydrogen-bond donors (Lipinski definition) is 1. The number of carbonyl (C=O) groups excluding carboxylic acids is 2. The smallest absolute Gasteiger partial charge is 0.339 e. The van der Waals surface area contributed by atoms with Crippen LogP contribution in [0.5, 0.6) is 0 Å². The van der Waals surface area contributed by atoms with Crippen LogP contribution in [0.1, 0.15) is 26.3 Å². The number of aryl methyl sites for hydroxylation is 1. The summed E-state index contributed by atoms with van der Waals surface area (Å²) in [5.74, 6) is -1.55. The van der Waals surface area contributed by atoms with Crippen molar-refractivity contribution in [1.29, 1.82) is 0 Å². The van der Waals surface area contributed by atoms with Crippen molar-refractivity contribution in [1.82, 2.24) is 0 Å². The molecule has 0 aliphatic rings. The molecule has 1 N–H and O–H groups in total. The van der Waals surface area contributed by atoms with E-state index in [1.807, 2.05) is 6.92 Å². The van der Waals surface area contributed by atoms with Crippen molar-refractivity contribution in [3.8, 4) is 0 Å². The van der Waals surface area contributed by atoms with Crippen molar-refractivity contribution in [3.05, 3.63) is 56.7 Å². The van der Waals surface area contributed by atoms with Gasteiger partial charge in [-0.05, 0) is 65.4 Å². The first-order valence-corrected chi connectivity index (χ1v) is 9.85. The van der Waals surface area contributed by atoms with Gasteiger partial charge in [0.15, 0.2) is 0 Å². The molecular formula is C17H16INO6S. The number of hydrogen-bond acceptors (Lipinski definition) is 6. The van der Waals surface area contributed by atoms with Crippen LogP contribution in [0, 0.1) is 10.5 Å².